The Balaban J connectivity index is 2.51. The van der Waals surface area contributed by atoms with Crippen molar-refractivity contribution in [3.8, 4) is 5.75 Å². The van der Waals surface area contributed by atoms with Crippen LogP contribution in [-0.2, 0) is 26.2 Å². The molecule has 0 spiro atoms. The van der Waals surface area contributed by atoms with Crippen LogP contribution >= 0.6 is 0 Å². The highest BCUT2D eigenvalue weighted by Gasteiger charge is 2.32. The molecule has 0 aliphatic heterocycles. The number of para-hydroxylation sites is 1. The van der Waals surface area contributed by atoms with Crippen molar-refractivity contribution in [3.05, 3.63) is 59.2 Å². The Labute approximate surface area is 209 Å². The van der Waals surface area contributed by atoms with Gasteiger partial charge < -0.3 is 15.0 Å². The average molecular weight is 504 g/mol. The maximum absolute atomic E-state index is 13.8. The molecule has 0 bridgehead atoms. The van der Waals surface area contributed by atoms with Crippen molar-refractivity contribution in [2.75, 3.05) is 24.2 Å². The van der Waals surface area contributed by atoms with Crippen LogP contribution in [0.4, 0.5) is 5.69 Å². The van der Waals surface area contributed by atoms with E-state index in [0.29, 0.717) is 17.9 Å². The highest BCUT2D eigenvalue weighted by atomic mass is 32.2. The van der Waals surface area contributed by atoms with Gasteiger partial charge in [0.1, 0.15) is 18.3 Å². The molecule has 1 N–H and O–H groups in total. The molecule has 0 radical (unpaired) electrons. The average Bonchev–Trinajstić information content (AvgIpc) is 2.77. The number of hydrogen-bond acceptors (Lipinski definition) is 5. The van der Waals surface area contributed by atoms with Crippen LogP contribution in [0.15, 0.2) is 42.5 Å². The first kappa shape index (κ1) is 28.2. The van der Waals surface area contributed by atoms with E-state index in [-0.39, 0.29) is 18.5 Å². The minimum atomic E-state index is -3.78. The quantitative estimate of drug-likeness (QED) is 0.507. The molecule has 0 heterocycles. The molecule has 192 valence electrons. The second-order valence-corrected chi connectivity index (χ2v) is 10.9. The summed E-state index contributed by atoms with van der Waals surface area (Å²) in [7, 11) is -2.22. The zero-order chi connectivity index (χ0) is 26.3. The molecule has 0 saturated carbocycles. The SMILES string of the molecule is CCC(C(=O)NC(C)C)N(Cc1cccc(OC)c1)C(=O)CN(c1c(C)cccc1C)S(C)(=O)=O. The van der Waals surface area contributed by atoms with Gasteiger partial charge in [0.2, 0.25) is 21.8 Å². The molecule has 2 rings (SSSR count). The zero-order valence-electron chi connectivity index (χ0n) is 21.7. The first-order chi connectivity index (χ1) is 16.4. The van der Waals surface area contributed by atoms with Crippen molar-refractivity contribution in [1.29, 1.82) is 0 Å². The van der Waals surface area contributed by atoms with Crippen LogP contribution in [0, 0.1) is 13.8 Å². The summed E-state index contributed by atoms with van der Waals surface area (Å²) in [5.74, 6) is -0.119. The van der Waals surface area contributed by atoms with Gasteiger partial charge >= 0.3 is 0 Å². The van der Waals surface area contributed by atoms with Crippen LogP contribution in [0.5, 0.6) is 5.75 Å². The lowest BCUT2D eigenvalue weighted by atomic mass is 10.1. The van der Waals surface area contributed by atoms with Crippen LogP contribution in [0.25, 0.3) is 0 Å². The van der Waals surface area contributed by atoms with Gasteiger partial charge in [0.15, 0.2) is 0 Å². The summed E-state index contributed by atoms with van der Waals surface area (Å²) in [6, 6.07) is 11.8. The number of sulfonamides is 1. The minimum absolute atomic E-state index is 0.104. The van der Waals surface area contributed by atoms with Crippen LogP contribution in [0.1, 0.15) is 43.9 Å². The molecule has 8 nitrogen and oxygen atoms in total. The number of anilines is 1. The standard InChI is InChI=1S/C26H37N3O5S/c1-8-23(26(31)27-18(2)3)28(16-21-13-10-14-22(15-21)34-6)24(30)17-29(35(7,32)33)25-19(4)11-9-12-20(25)5/h9-15,18,23H,8,16-17H2,1-7H3,(H,27,31). The molecular weight excluding hydrogens is 466 g/mol. The van der Waals surface area contributed by atoms with E-state index in [1.54, 1.807) is 19.2 Å². The predicted octanol–water partition coefficient (Wildman–Crippen LogP) is 3.41. The highest BCUT2D eigenvalue weighted by molar-refractivity contribution is 7.92. The molecule has 0 aliphatic rings. The van der Waals surface area contributed by atoms with E-state index in [2.05, 4.69) is 5.32 Å². The molecule has 2 aromatic carbocycles. The first-order valence-electron chi connectivity index (χ1n) is 11.7. The minimum Gasteiger partial charge on any atom is -0.497 e. The second kappa shape index (κ2) is 12.1. The summed E-state index contributed by atoms with van der Waals surface area (Å²) in [4.78, 5) is 28.3. The Morgan fingerprint density at radius 3 is 2.17 bits per heavy atom. The molecular formula is C26H37N3O5S. The highest BCUT2D eigenvalue weighted by Crippen LogP contribution is 2.27. The number of nitrogens with one attached hydrogen (secondary N) is 1. The summed E-state index contributed by atoms with van der Waals surface area (Å²) in [6.07, 6.45) is 1.46. The third-order valence-corrected chi connectivity index (χ3v) is 6.78. The fraction of sp³-hybridized carbons (Fsp3) is 0.462. The maximum atomic E-state index is 13.8. The lowest BCUT2D eigenvalue weighted by Gasteiger charge is -2.34. The summed E-state index contributed by atoms with van der Waals surface area (Å²) in [5.41, 5.74) is 2.73. The molecule has 35 heavy (non-hydrogen) atoms. The lowest BCUT2D eigenvalue weighted by molar-refractivity contribution is -0.140. The molecule has 2 aromatic rings. The summed E-state index contributed by atoms with van der Waals surface area (Å²) < 4.78 is 32.1. The second-order valence-electron chi connectivity index (χ2n) is 8.97. The third-order valence-electron chi connectivity index (χ3n) is 5.67. The normalized spacial score (nSPS) is 12.2. The van der Waals surface area contributed by atoms with Crippen molar-refractivity contribution in [1.82, 2.24) is 10.2 Å². The number of methoxy groups -OCH3 is 1. The Morgan fingerprint density at radius 2 is 1.66 bits per heavy atom. The van der Waals surface area contributed by atoms with Crippen LogP contribution in [0.3, 0.4) is 0 Å². The number of ether oxygens (including phenoxy) is 1. The summed E-state index contributed by atoms with van der Waals surface area (Å²) in [6.45, 7) is 8.87. The van der Waals surface area contributed by atoms with Crippen LogP contribution < -0.4 is 14.4 Å². The van der Waals surface area contributed by atoms with Crippen molar-refractivity contribution in [2.45, 2.75) is 59.7 Å². The summed E-state index contributed by atoms with van der Waals surface area (Å²) >= 11 is 0. The van der Waals surface area contributed by atoms with Crippen LogP contribution in [0.2, 0.25) is 0 Å². The van der Waals surface area contributed by atoms with Gasteiger partial charge in [-0.1, -0.05) is 37.3 Å². The van der Waals surface area contributed by atoms with Gasteiger partial charge in [0.05, 0.1) is 19.1 Å². The first-order valence-corrected chi connectivity index (χ1v) is 13.5. The van der Waals surface area contributed by atoms with E-state index >= 15 is 0 Å². The molecule has 0 aliphatic carbocycles. The van der Waals surface area contributed by atoms with Crippen LogP contribution in [-0.4, -0.2) is 57.1 Å². The van der Waals surface area contributed by atoms with E-state index in [4.69, 9.17) is 4.74 Å². The lowest BCUT2D eigenvalue weighted by Crippen LogP contribution is -2.53. The molecule has 0 aromatic heterocycles. The van der Waals surface area contributed by atoms with Gasteiger partial charge in [-0.2, -0.15) is 0 Å². The number of aryl methyl sites for hydroxylation is 2. The topological polar surface area (TPSA) is 96.0 Å². The van der Waals surface area contributed by atoms with Crippen molar-refractivity contribution in [2.24, 2.45) is 0 Å². The monoisotopic (exact) mass is 503 g/mol. The Kier molecular flexibility index (Phi) is 9.71. The Hall–Kier alpha value is -3.07. The largest absolute Gasteiger partial charge is 0.497 e. The van der Waals surface area contributed by atoms with Gasteiger partial charge in [0, 0.05) is 12.6 Å². The number of hydrogen-bond donors (Lipinski definition) is 1. The molecule has 1 atom stereocenters. The van der Waals surface area contributed by atoms with Crippen molar-refractivity contribution < 1.29 is 22.7 Å². The van der Waals surface area contributed by atoms with E-state index < -0.39 is 28.5 Å². The molecule has 0 fully saturated rings. The smallest absolute Gasteiger partial charge is 0.244 e. The van der Waals surface area contributed by atoms with Gasteiger partial charge in [-0.15, -0.1) is 0 Å². The van der Waals surface area contributed by atoms with Gasteiger partial charge in [-0.3, -0.25) is 13.9 Å². The molecule has 9 heteroatoms. The number of carbonyl (C=O) groups excluding carboxylic acids is 2. The van der Waals surface area contributed by atoms with E-state index in [1.165, 1.54) is 4.90 Å². The van der Waals surface area contributed by atoms with Crippen molar-refractivity contribution in [3.63, 3.8) is 0 Å². The number of carbonyl (C=O) groups is 2. The predicted molar refractivity (Wildman–Crippen MR) is 139 cm³/mol. The molecule has 0 saturated heterocycles. The number of amides is 2. The maximum Gasteiger partial charge on any atom is 0.244 e. The Bertz CT molecular complexity index is 1130. The van der Waals surface area contributed by atoms with Gasteiger partial charge in [-0.05, 0) is 62.9 Å². The summed E-state index contributed by atoms with van der Waals surface area (Å²) in [5, 5.41) is 2.88. The fourth-order valence-electron chi connectivity index (χ4n) is 4.04. The van der Waals surface area contributed by atoms with E-state index in [0.717, 1.165) is 27.3 Å². The van der Waals surface area contributed by atoms with E-state index in [9.17, 15) is 18.0 Å². The van der Waals surface area contributed by atoms with Gasteiger partial charge in [-0.25, -0.2) is 8.42 Å². The fourth-order valence-corrected chi connectivity index (χ4v) is 5.01. The zero-order valence-corrected chi connectivity index (χ0v) is 22.5. The van der Waals surface area contributed by atoms with E-state index in [1.807, 2.05) is 65.0 Å². The van der Waals surface area contributed by atoms with Gasteiger partial charge in [0.25, 0.3) is 0 Å². The molecule has 2 amide bonds. The molecule has 1 unspecified atom stereocenters. The van der Waals surface area contributed by atoms with Crippen molar-refractivity contribution >= 4 is 27.5 Å². The Morgan fingerprint density at radius 1 is 1.06 bits per heavy atom. The number of nitrogens with zero attached hydrogens (tertiary/aromatic N) is 2. The number of rotatable bonds is 11. The number of benzene rings is 2. The third kappa shape index (κ3) is 7.45.